The number of primary amides is 1. The minimum absolute atomic E-state index is 0.0107. The molecule has 0 atom stereocenters. The van der Waals surface area contributed by atoms with Crippen molar-refractivity contribution in [2.24, 2.45) is 5.73 Å². The topological polar surface area (TPSA) is 86.7 Å². The third-order valence-corrected chi connectivity index (χ3v) is 5.68. The van der Waals surface area contributed by atoms with Gasteiger partial charge in [0.25, 0.3) is 5.91 Å². The zero-order valence-corrected chi connectivity index (χ0v) is 17.7. The van der Waals surface area contributed by atoms with Gasteiger partial charge in [0.2, 0.25) is 5.95 Å². The van der Waals surface area contributed by atoms with Gasteiger partial charge in [-0.05, 0) is 48.9 Å². The molecule has 0 bridgehead atoms. The van der Waals surface area contributed by atoms with E-state index in [0.29, 0.717) is 22.4 Å². The standard InChI is InChI=1S/C23H13ClF3N5O/c1-10-31-20-13(23(28)33)8-11(12-4-6-30-22(27)19(12)26)9-17(20)32(10)16-5-7-29-21-15(25)3-2-14(24)18(16)21/h2-9H,1H3,(H2,28,33). The summed E-state index contributed by atoms with van der Waals surface area (Å²) in [4.78, 5) is 24.1. The number of pyridine rings is 2. The molecular formula is C23H13ClF3N5O. The van der Waals surface area contributed by atoms with Gasteiger partial charge in [0, 0.05) is 23.3 Å². The van der Waals surface area contributed by atoms with Crippen molar-refractivity contribution >= 4 is 39.4 Å². The van der Waals surface area contributed by atoms with Crippen LogP contribution in [0.2, 0.25) is 5.02 Å². The summed E-state index contributed by atoms with van der Waals surface area (Å²) < 4.78 is 44.4. The highest BCUT2D eigenvalue weighted by molar-refractivity contribution is 6.36. The first-order valence-corrected chi connectivity index (χ1v) is 10.0. The van der Waals surface area contributed by atoms with E-state index in [0.717, 1.165) is 6.20 Å². The second kappa shape index (κ2) is 7.56. The Bertz CT molecular complexity index is 1620. The highest BCUT2D eigenvalue weighted by Gasteiger charge is 2.22. The van der Waals surface area contributed by atoms with E-state index in [-0.39, 0.29) is 32.7 Å². The normalized spacial score (nSPS) is 11.4. The van der Waals surface area contributed by atoms with E-state index in [1.54, 1.807) is 23.6 Å². The Kier molecular flexibility index (Phi) is 4.79. The van der Waals surface area contributed by atoms with Gasteiger partial charge in [-0.3, -0.25) is 14.3 Å². The van der Waals surface area contributed by atoms with E-state index in [1.807, 2.05) is 0 Å². The zero-order valence-electron chi connectivity index (χ0n) is 16.9. The fourth-order valence-electron chi connectivity index (χ4n) is 3.94. The minimum Gasteiger partial charge on any atom is -0.366 e. The minimum atomic E-state index is -1.28. The van der Waals surface area contributed by atoms with Crippen LogP contribution < -0.4 is 5.73 Å². The van der Waals surface area contributed by atoms with E-state index in [2.05, 4.69) is 15.0 Å². The Balaban J connectivity index is 1.92. The Hall–Kier alpha value is -3.98. The van der Waals surface area contributed by atoms with Crippen molar-refractivity contribution in [1.29, 1.82) is 0 Å². The van der Waals surface area contributed by atoms with Crippen LogP contribution in [0.3, 0.4) is 0 Å². The molecule has 0 saturated heterocycles. The van der Waals surface area contributed by atoms with Crippen molar-refractivity contribution in [3.8, 4) is 16.8 Å². The van der Waals surface area contributed by atoms with E-state index in [9.17, 15) is 18.0 Å². The first kappa shape index (κ1) is 20.9. The number of rotatable bonds is 3. The van der Waals surface area contributed by atoms with Gasteiger partial charge >= 0.3 is 0 Å². The second-order valence-corrected chi connectivity index (χ2v) is 7.70. The van der Waals surface area contributed by atoms with Gasteiger partial charge in [-0.25, -0.2) is 18.7 Å². The molecule has 6 nitrogen and oxygen atoms in total. The molecule has 1 amide bonds. The molecule has 0 fully saturated rings. The van der Waals surface area contributed by atoms with Crippen molar-refractivity contribution < 1.29 is 18.0 Å². The van der Waals surface area contributed by atoms with Gasteiger partial charge in [-0.1, -0.05) is 11.6 Å². The predicted molar refractivity (Wildman–Crippen MR) is 118 cm³/mol. The third kappa shape index (κ3) is 3.20. The number of halogens is 4. The molecular weight excluding hydrogens is 455 g/mol. The summed E-state index contributed by atoms with van der Waals surface area (Å²) in [6.45, 7) is 1.68. The molecule has 0 aliphatic heterocycles. The largest absolute Gasteiger partial charge is 0.366 e. The molecule has 164 valence electrons. The van der Waals surface area contributed by atoms with Crippen molar-refractivity contribution in [2.45, 2.75) is 6.92 Å². The monoisotopic (exact) mass is 467 g/mol. The molecule has 10 heteroatoms. The van der Waals surface area contributed by atoms with Crippen LogP contribution in [0.5, 0.6) is 0 Å². The summed E-state index contributed by atoms with van der Waals surface area (Å²) in [5.41, 5.74) is 6.77. The SMILES string of the molecule is Cc1nc2c(C(N)=O)cc(-c3ccnc(F)c3F)cc2n1-c1ccnc2c(F)ccc(Cl)c12. The summed E-state index contributed by atoms with van der Waals surface area (Å²) in [5.74, 6) is -3.38. The average molecular weight is 468 g/mol. The molecule has 33 heavy (non-hydrogen) atoms. The predicted octanol–water partition coefficient (Wildman–Crippen LogP) is 5.11. The van der Waals surface area contributed by atoms with Crippen molar-refractivity contribution in [2.75, 3.05) is 0 Å². The van der Waals surface area contributed by atoms with Crippen LogP contribution in [0.1, 0.15) is 16.2 Å². The molecule has 3 heterocycles. The average Bonchev–Trinajstić information content (AvgIpc) is 3.12. The Labute approximate surface area is 189 Å². The third-order valence-electron chi connectivity index (χ3n) is 5.36. The maximum absolute atomic E-state index is 14.5. The van der Waals surface area contributed by atoms with Gasteiger partial charge in [-0.2, -0.15) is 4.39 Å². The number of imidazole rings is 1. The van der Waals surface area contributed by atoms with Crippen LogP contribution in [0.15, 0.2) is 48.8 Å². The highest BCUT2D eigenvalue weighted by Crippen LogP contribution is 2.35. The van der Waals surface area contributed by atoms with Crippen LogP contribution in [0.4, 0.5) is 13.2 Å². The molecule has 0 aliphatic carbocycles. The first-order valence-electron chi connectivity index (χ1n) is 9.64. The summed E-state index contributed by atoms with van der Waals surface area (Å²) in [7, 11) is 0. The van der Waals surface area contributed by atoms with Crippen molar-refractivity contribution in [3.05, 3.63) is 82.8 Å². The lowest BCUT2D eigenvalue weighted by Crippen LogP contribution is -2.12. The molecule has 0 saturated carbocycles. The Morgan fingerprint density at radius 2 is 1.79 bits per heavy atom. The second-order valence-electron chi connectivity index (χ2n) is 7.30. The number of benzene rings is 2. The summed E-state index contributed by atoms with van der Waals surface area (Å²) >= 11 is 6.39. The lowest BCUT2D eigenvalue weighted by molar-refractivity contribution is 0.100. The summed E-state index contributed by atoms with van der Waals surface area (Å²) in [6, 6.07) is 8.41. The van der Waals surface area contributed by atoms with Gasteiger partial charge in [0.05, 0.1) is 21.8 Å². The van der Waals surface area contributed by atoms with Gasteiger partial charge in [0.1, 0.15) is 22.7 Å². The van der Waals surface area contributed by atoms with E-state index >= 15 is 0 Å². The number of amides is 1. The maximum atomic E-state index is 14.5. The number of hydrogen-bond donors (Lipinski definition) is 1. The molecule has 2 N–H and O–H groups in total. The van der Waals surface area contributed by atoms with Crippen LogP contribution in [0, 0.1) is 24.5 Å². The number of carbonyl (C=O) groups excluding carboxylic acids is 1. The molecule has 0 spiro atoms. The molecule has 2 aromatic carbocycles. The molecule has 5 rings (SSSR count). The number of carbonyl (C=O) groups is 1. The van der Waals surface area contributed by atoms with E-state index < -0.39 is 23.5 Å². The Morgan fingerprint density at radius 1 is 1.03 bits per heavy atom. The first-order chi connectivity index (χ1) is 15.8. The maximum Gasteiger partial charge on any atom is 0.250 e. The van der Waals surface area contributed by atoms with Gasteiger partial charge in [0.15, 0.2) is 5.82 Å². The van der Waals surface area contributed by atoms with Crippen molar-refractivity contribution in [3.63, 3.8) is 0 Å². The zero-order chi connectivity index (χ0) is 23.4. The number of aromatic nitrogens is 4. The van der Waals surface area contributed by atoms with E-state index in [1.165, 1.54) is 30.5 Å². The number of nitrogens with zero attached hydrogens (tertiary/aromatic N) is 4. The highest BCUT2D eigenvalue weighted by atomic mass is 35.5. The number of fused-ring (bicyclic) bond motifs is 2. The van der Waals surface area contributed by atoms with Crippen molar-refractivity contribution in [1.82, 2.24) is 19.5 Å². The summed E-state index contributed by atoms with van der Waals surface area (Å²) in [6.07, 6.45) is 2.53. The number of nitrogens with two attached hydrogens (primary N) is 1. The van der Waals surface area contributed by atoms with Gasteiger partial charge in [-0.15, -0.1) is 0 Å². The quantitative estimate of drug-likeness (QED) is 0.373. The summed E-state index contributed by atoms with van der Waals surface area (Å²) in [5, 5.41) is 0.581. The lowest BCUT2D eigenvalue weighted by Gasteiger charge is -2.13. The fraction of sp³-hybridized carbons (Fsp3) is 0.0435. The van der Waals surface area contributed by atoms with Crippen LogP contribution in [-0.4, -0.2) is 25.4 Å². The molecule has 3 aromatic heterocycles. The van der Waals surface area contributed by atoms with Crippen LogP contribution >= 0.6 is 11.6 Å². The Morgan fingerprint density at radius 3 is 2.55 bits per heavy atom. The van der Waals surface area contributed by atoms with E-state index in [4.69, 9.17) is 17.3 Å². The van der Waals surface area contributed by atoms with Gasteiger partial charge < -0.3 is 5.73 Å². The fourth-order valence-corrected chi connectivity index (χ4v) is 4.19. The molecule has 5 aromatic rings. The number of hydrogen-bond acceptors (Lipinski definition) is 4. The number of aryl methyl sites for hydroxylation is 1. The molecule has 0 unspecified atom stereocenters. The van der Waals surface area contributed by atoms with Crippen LogP contribution in [0.25, 0.3) is 38.8 Å². The molecule has 0 aliphatic rings. The smallest absolute Gasteiger partial charge is 0.250 e. The lowest BCUT2D eigenvalue weighted by atomic mass is 10.0. The molecule has 0 radical (unpaired) electrons. The van der Waals surface area contributed by atoms with Crippen LogP contribution in [-0.2, 0) is 0 Å².